The first-order valence-electron chi connectivity index (χ1n) is 5.35. The minimum atomic E-state index is -0.490. The highest BCUT2D eigenvalue weighted by Gasteiger charge is 2.30. The van der Waals surface area contributed by atoms with Crippen LogP contribution in [0, 0.1) is 0 Å². The molecule has 0 amide bonds. The molecule has 0 saturated heterocycles. The van der Waals surface area contributed by atoms with Crippen molar-refractivity contribution in [2.75, 3.05) is 19.7 Å². The average Bonchev–Trinajstić information content (AvgIpc) is 2.97. The summed E-state index contributed by atoms with van der Waals surface area (Å²) in [5.74, 6) is -0.286. The first kappa shape index (κ1) is 11.5. The van der Waals surface area contributed by atoms with Gasteiger partial charge in [0.15, 0.2) is 0 Å². The fourth-order valence-electron chi connectivity index (χ4n) is 1.55. The predicted octanol–water partition coefficient (Wildman–Crippen LogP) is 0.361. The highest BCUT2D eigenvalue weighted by molar-refractivity contribution is 5.75. The molecule has 1 saturated carbocycles. The molecule has 2 N–H and O–H groups in total. The number of hydrogen-bond donors (Lipinski definition) is 1. The van der Waals surface area contributed by atoms with Crippen LogP contribution in [0.5, 0.6) is 0 Å². The zero-order valence-corrected chi connectivity index (χ0v) is 9.03. The lowest BCUT2D eigenvalue weighted by molar-refractivity contribution is -0.145. The van der Waals surface area contributed by atoms with Crippen molar-refractivity contribution in [1.82, 2.24) is 4.90 Å². The van der Waals surface area contributed by atoms with Gasteiger partial charge in [-0.15, -0.1) is 0 Å². The number of nitrogens with two attached hydrogens (primary N) is 1. The molecule has 14 heavy (non-hydrogen) atoms. The molecule has 1 aliphatic carbocycles. The van der Waals surface area contributed by atoms with E-state index in [4.69, 9.17) is 10.5 Å². The van der Waals surface area contributed by atoms with Gasteiger partial charge < -0.3 is 10.5 Å². The van der Waals surface area contributed by atoms with Crippen LogP contribution in [0.15, 0.2) is 0 Å². The Labute approximate surface area is 85.4 Å². The quantitative estimate of drug-likeness (QED) is 0.629. The largest absolute Gasteiger partial charge is 0.465 e. The molecule has 0 aromatic heterocycles. The van der Waals surface area contributed by atoms with Crippen molar-refractivity contribution in [3.05, 3.63) is 0 Å². The number of rotatable bonds is 6. The van der Waals surface area contributed by atoms with Gasteiger partial charge in [-0.1, -0.05) is 6.92 Å². The number of hydrogen-bond acceptors (Lipinski definition) is 4. The van der Waals surface area contributed by atoms with Crippen LogP contribution in [0.1, 0.15) is 26.7 Å². The van der Waals surface area contributed by atoms with Gasteiger partial charge in [0.1, 0.15) is 6.04 Å². The first-order valence-corrected chi connectivity index (χ1v) is 5.35. The molecular weight excluding hydrogens is 180 g/mol. The molecule has 0 aliphatic heterocycles. The maximum atomic E-state index is 11.3. The van der Waals surface area contributed by atoms with Gasteiger partial charge in [-0.25, -0.2) is 0 Å². The van der Waals surface area contributed by atoms with Crippen molar-refractivity contribution in [2.24, 2.45) is 5.73 Å². The third kappa shape index (κ3) is 3.27. The Morgan fingerprint density at radius 1 is 1.57 bits per heavy atom. The Morgan fingerprint density at radius 2 is 2.21 bits per heavy atom. The average molecular weight is 200 g/mol. The summed E-state index contributed by atoms with van der Waals surface area (Å²) >= 11 is 0. The highest BCUT2D eigenvalue weighted by atomic mass is 16.5. The van der Waals surface area contributed by atoms with Crippen molar-refractivity contribution in [3.8, 4) is 0 Å². The second kappa shape index (κ2) is 5.32. The molecule has 0 aromatic carbocycles. The summed E-state index contributed by atoms with van der Waals surface area (Å²) in [6.07, 6.45) is 2.48. The Bertz CT molecular complexity index is 193. The monoisotopic (exact) mass is 200 g/mol. The van der Waals surface area contributed by atoms with Crippen molar-refractivity contribution in [2.45, 2.75) is 38.8 Å². The number of likely N-dealkylation sites (N-methyl/N-ethyl adjacent to an activating group) is 1. The van der Waals surface area contributed by atoms with Gasteiger partial charge in [-0.2, -0.15) is 0 Å². The predicted molar refractivity (Wildman–Crippen MR) is 54.9 cm³/mol. The molecular formula is C10H20N2O2. The van der Waals surface area contributed by atoms with Crippen molar-refractivity contribution in [1.29, 1.82) is 0 Å². The summed E-state index contributed by atoms with van der Waals surface area (Å²) in [4.78, 5) is 13.5. The maximum Gasteiger partial charge on any atom is 0.324 e. The van der Waals surface area contributed by atoms with E-state index in [9.17, 15) is 4.79 Å². The van der Waals surface area contributed by atoms with E-state index in [2.05, 4.69) is 11.8 Å². The molecule has 1 atom stereocenters. The number of carbonyl (C=O) groups excluding carboxylic acids is 1. The van der Waals surface area contributed by atoms with E-state index < -0.39 is 6.04 Å². The van der Waals surface area contributed by atoms with Gasteiger partial charge in [0.2, 0.25) is 0 Å². The number of esters is 1. The van der Waals surface area contributed by atoms with Crippen LogP contribution in [0.3, 0.4) is 0 Å². The Kier molecular flexibility index (Phi) is 4.35. The lowest BCUT2D eigenvalue weighted by Crippen LogP contribution is -2.44. The summed E-state index contributed by atoms with van der Waals surface area (Å²) < 4.78 is 4.86. The van der Waals surface area contributed by atoms with Gasteiger partial charge in [0.25, 0.3) is 0 Å². The van der Waals surface area contributed by atoms with Crippen molar-refractivity contribution < 1.29 is 9.53 Å². The summed E-state index contributed by atoms with van der Waals surface area (Å²) in [6.45, 7) is 5.87. The van der Waals surface area contributed by atoms with Gasteiger partial charge in [-0.3, -0.25) is 9.69 Å². The smallest absolute Gasteiger partial charge is 0.324 e. The minimum absolute atomic E-state index is 0.286. The van der Waals surface area contributed by atoms with Crippen LogP contribution in [0.2, 0.25) is 0 Å². The fraction of sp³-hybridized carbons (Fsp3) is 0.900. The first-order chi connectivity index (χ1) is 6.69. The fourth-order valence-corrected chi connectivity index (χ4v) is 1.55. The molecule has 1 unspecified atom stereocenters. The van der Waals surface area contributed by atoms with Crippen LogP contribution in [0.4, 0.5) is 0 Å². The van der Waals surface area contributed by atoms with Gasteiger partial charge >= 0.3 is 5.97 Å². The Hall–Kier alpha value is -0.610. The third-order valence-electron chi connectivity index (χ3n) is 2.49. The van der Waals surface area contributed by atoms with E-state index in [-0.39, 0.29) is 5.97 Å². The van der Waals surface area contributed by atoms with Crippen LogP contribution in [-0.2, 0) is 9.53 Å². The molecule has 82 valence electrons. The molecule has 0 heterocycles. The summed E-state index contributed by atoms with van der Waals surface area (Å²) in [6, 6.07) is 0.163. The van der Waals surface area contributed by atoms with E-state index in [0.717, 1.165) is 6.54 Å². The molecule has 1 fully saturated rings. The van der Waals surface area contributed by atoms with Gasteiger partial charge in [-0.05, 0) is 26.3 Å². The molecule has 1 rings (SSSR count). The second-order valence-corrected chi connectivity index (χ2v) is 3.68. The van der Waals surface area contributed by atoms with E-state index >= 15 is 0 Å². The van der Waals surface area contributed by atoms with Gasteiger partial charge in [0.05, 0.1) is 6.61 Å². The third-order valence-corrected chi connectivity index (χ3v) is 2.49. The molecule has 1 aliphatic rings. The minimum Gasteiger partial charge on any atom is -0.465 e. The summed E-state index contributed by atoms with van der Waals surface area (Å²) in [5.41, 5.74) is 5.73. The molecule has 0 radical (unpaired) electrons. The lowest BCUT2D eigenvalue weighted by atomic mass is 10.3. The highest BCUT2D eigenvalue weighted by Crippen LogP contribution is 2.26. The normalized spacial score (nSPS) is 18.3. The van der Waals surface area contributed by atoms with E-state index in [1.807, 2.05) is 0 Å². The van der Waals surface area contributed by atoms with E-state index in [1.165, 1.54) is 12.8 Å². The van der Waals surface area contributed by atoms with Crippen LogP contribution < -0.4 is 5.73 Å². The topological polar surface area (TPSA) is 55.6 Å². The SMILES string of the molecule is CCOC(=O)C(N)CN(CC)C1CC1. The second-order valence-electron chi connectivity index (χ2n) is 3.68. The zero-order valence-electron chi connectivity index (χ0n) is 9.03. The molecule has 0 bridgehead atoms. The number of nitrogens with zero attached hydrogens (tertiary/aromatic N) is 1. The van der Waals surface area contributed by atoms with Crippen molar-refractivity contribution in [3.63, 3.8) is 0 Å². The summed E-state index contributed by atoms with van der Waals surface area (Å²) in [7, 11) is 0. The zero-order chi connectivity index (χ0) is 10.6. The Morgan fingerprint density at radius 3 is 2.64 bits per heavy atom. The van der Waals surface area contributed by atoms with Crippen LogP contribution in [-0.4, -0.2) is 42.6 Å². The standard InChI is InChI=1S/C10H20N2O2/c1-3-12(8-5-6-8)7-9(11)10(13)14-4-2/h8-9H,3-7,11H2,1-2H3. The Balaban J connectivity index is 2.29. The van der Waals surface area contributed by atoms with Crippen LogP contribution >= 0.6 is 0 Å². The number of carbonyl (C=O) groups is 1. The van der Waals surface area contributed by atoms with E-state index in [1.54, 1.807) is 6.92 Å². The van der Waals surface area contributed by atoms with Crippen LogP contribution in [0.25, 0.3) is 0 Å². The van der Waals surface area contributed by atoms with E-state index in [0.29, 0.717) is 19.2 Å². The molecule has 0 spiro atoms. The molecule has 0 aromatic rings. The van der Waals surface area contributed by atoms with Crippen molar-refractivity contribution >= 4 is 5.97 Å². The summed E-state index contributed by atoms with van der Waals surface area (Å²) in [5, 5.41) is 0. The van der Waals surface area contributed by atoms with Gasteiger partial charge in [0, 0.05) is 12.6 Å². The molecule has 4 nitrogen and oxygen atoms in total. The number of ether oxygens (including phenoxy) is 1. The lowest BCUT2D eigenvalue weighted by Gasteiger charge is -2.22. The molecule has 4 heteroatoms. The maximum absolute atomic E-state index is 11.3.